The van der Waals surface area contributed by atoms with Crippen molar-refractivity contribution in [3.8, 4) is 0 Å². The summed E-state index contributed by atoms with van der Waals surface area (Å²) in [5.41, 5.74) is 1.61. The minimum atomic E-state index is -3.71. The van der Waals surface area contributed by atoms with Crippen LogP contribution in [0.4, 0.5) is 0 Å². The van der Waals surface area contributed by atoms with Crippen LogP contribution in [0, 0.1) is 12.8 Å². The Bertz CT molecular complexity index is 1370. The lowest BCUT2D eigenvalue weighted by Crippen LogP contribution is -2.56. The minimum absolute atomic E-state index is 0.177. The zero-order chi connectivity index (χ0) is 27.3. The van der Waals surface area contributed by atoms with E-state index in [9.17, 15) is 23.1 Å². The van der Waals surface area contributed by atoms with E-state index in [0.29, 0.717) is 6.42 Å². The molecule has 0 aromatic heterocycles. The predicted molar refractivity (Wildman–Crippen MR) is 146 cm³/mol. The van der Waals surface area contributed by atoms with E-state index in [0.717, 1.165) is 16.7 Å². The van der Waals surface area contributed by atoms with Crippen molar-refractivity contribution in [2.75, 3.05) is 13.1 Å². The van der Waals surface area contributed by atoms with Gasteiger partial charge in [0.2, 0.25) is 15.9 Å². The molecule has 38 heavy (non-hydrogen) atoms. The van der Waals surface area contributed by atoms with Gasteiger partial charge in [0.15, 0.2) is 0 Å². The van der Waals surface area contributed by atoms with Gasteiger partial charge in [-0.15, -0.1) is 0 Å². The second kappa shape index (κ2) is 11.5. The molecule has 0 aliphatic carbocycles. The molecule has 0 saturated carbocycles. The van der Waals surface area contributed by atoms with Crippen molar-refractivity contribution in [3.05, 3.63) is 102 Å². The van der Waals surface area contributed by atoms with Crippen LogP contribution in [0.2, 0.25) is 0 Å². The molecule has 3 aromatic carbocycles. The van der Waals surface area contributed by atoms with E-state index >= 15 is 0 Å². The highest BCUT2D eigenvalue weighted by atomic mass is 32.2. The molecule has 0 bridgehead atoms. The van der Waals surface area contributed by atoms with Gasteiger partial charge in [0.05, 0.1) is 16.2 Å². The van der Waals surface area contributed by atoms with E-state index in [2.05, 4.69) is 5.32 Å². The number of carbonyl (C=O) groups excluding carboxylic acids is 1. The summed E-state index contributed by atoms with van der Waals surface area (Å²) in [5, 5.41) is 12.8. The van der Waals surface area contributed by atoms with E-state index in [4.69, 9.17) is 0 Å². The average molecular weight is 535 g/mol. The van der Waals surface area contributed by atoms with Gasteiger partial charge >= 0.3 is 5.97 Å². The Morgan fingerprint density at radius 1 is 0.947 bits per heavy atom. The van der Waals surface area contributed by atoms with Crippen LogP contribution in [0.5, 0.6) is 0 Å². The number of aliphatic carboxylic acids is 1. The highest BCUT2D eigenvalue weighted by molar-refractivity contribution is 7.89. The summed E-state index contributed by atoms with van der Waals surface area (Å²) in [6.45, 7) is 3.80. The lowest BCUT2D eigenvalue weighted by molar-refractivity contribution is -0.142. The quantitative estimate of drug-likeness (QED) is 0.429. The van der Waals surface area contributed by atoms with Crippen molar-refractivity contribution in [2.45, 2.75) is 49.5 Å². The van der Waals surface area contributed by atoms with E-state index < -0.39 is 33.4 Å². The number of carboxylic acid groups (broad SMARTS) is 1. The molecule has 3 aromatic rings. The fraction of sp³-hybridized carbons (Fsp3) is 0.333. The fourth-order valence-electron chi connectivity index (χ4n) is 5.14. The third kappa shape index (κ3) is 5.81. The van der Waals surface area contributed by atoms with E-state index in [1.807, 2.05) is 73.7 Å². The summed E-state index contributed by atoms with van der Waals surface area (Å²) < 4.78 is 28.2. The van der Waals surface area contributed by atoms with Gasteiger partial charge < -0.3 is 10.4 Å². The standard InChI is InChI=1S/C30H34N2O5S/c1-22-10-9-15-26(20-22)38(36,37)32-18-16-30(17-19-32,25-13-7-4-8-14-25)29(35)31-27(23(2)28(33)34)21-24-11-5-3-6-12-24/h3-15,20,23,27H,16-19,21H2,1-2H3,(H,31,35)(H,33,34). The molecule has 1 saturated heterocycles. The number of piperidine rings is 1. The molecule has 1 fully saturated rings. The normalized spacial score (nSPS) is 17.3. The van der Waals surface area contributed by atoms with Gasteiger partial charge in [-0.05, 0) is 61.9 Å². The Labute approximate surface area is 224 Å². The van der Waals surface area contributed by atoms with Crippen molar-refractivity contribution in [1.29, 1.82) is 0 Å². The van der Waals surface area contributed by atoms with Crippen LogP contribution in [0.15, 0.2) is 89.8 Å². The molecule has 1 heterocycles. The Morgan fingerprint density at radius 2 is 1.55 bits per heavy atom. The predicted octanol–water partition coefficient (Wildman–Crippen LogP) is 4.17. The first-order chi connectivity index (χ1) is 18.1. The first-order valence-corrected chi connectivity index (χ1v) is 14.3. The van der Waals surface area contributed by atoms with Crippen molar-refractivity contribution in [2.24, 2.45) is 5.92 Å². The SMILES string of the molecule is Cc1cccc(S(=O)(=O)N2CCC(C(=O)NC(Cc3ccccc3)C(C)C(=O)O)(c3ccccc3)CC2)c1. The number of benzene rings is 3. The summed E-state index contributed by atoms with van der Waals surface area (Å²) in [6, 6.07) is 25.1. The van der Waals surface area contributed by atoms with Gasteiger partial charge in [0.1, 0.15) is 0 Å². The van der Waals surface area contributed by atoms with Gasteiger partial charge in [-0.25, -0.2) is 8.42 Å². The van der Waals surface area contributed by atoms with Gasteiger partial charge in [-0.1, -0.05) is 72.8 Å². The Morgan fingerprint density at radius 3 is 2.13 bits per heavy atom. The average Bonchev–Trinajstić information content (AvgIpc) is 2.93. The molecule has 200 valence electrons. The van der Waals surface area contributed by atoms with Crippen LogP contribution in [0.1, 0.15) is 36.5 Å². The number of sulfonamides is 1. The number of nitrogens with one attached hydrogen (secondary N) is 1. The molecule has 8 heteroatoms. The summed E-state index contributed by atoms with van der Waals surface area (Å²) in [5.74, 6) is -2.07. The van der Waals surface area contributed by atoms with Crippen LogP contribution in [-0.4, -0.2) is 48.8 Å². The molecule has 2 N–H and O–H groups in total. The molecule has 1 aliphatic heterocycles. The van der Waals surface area contributed by atoms with E-state index in [-0.39, 0.29) is 36.7 Å². The second-order valence-corrected chi connectivity index (χ2v) is 12.0. The molecule has 0 spiro atoms. The zero-order valence-electron chi connectivity index (χ0n) is 21.7. The molecular weight excluding hydrogens is 500 g/mol. The topological polar surface area (TPSA) is 104 Å². The van der Waals surface area contributed by atoms with Crippen LogP contribution in [0.3, 0.4) is 0 Å². The van der Waals surface area contributed by atoms with Crippen LogP contribution >= 0.6 is 0 Å². The Balaban J connectivity index is 1.61. The molecule has 0 radical (unpaired) electrons. The number of rotatable bonds is 9. The third-order valence-electron chi connectivity index (χ3n) is 7.57. The summed E-state index contributed by atoms with van der Waals surface area (Å²) in [4.78, 5) is 26.2. The lowest BCUT2D eigenvalue weighted by atomic mass is 9.72. The number of nitrogens with zero attached hydrogens (tertiary/aromatic N) is 1. The highest BCUT2D eigenvalue weighted by Gasteiger charge is 2.46. The first kappa shape index (κ1) is 27.5. The van der Waals surface area contributed by atoms with Gasteiger partial charge in [-0.3, -0.25) is 9.59 Å². The third-order valence-corrected chi connectivity index (χ3v) is 9.47. The number of hydrogen-bond donors (Lipinski definition) is 2. The van der Waals surface area contributed by atoms with Gasteiger partial charge in [0, 0.05) is 19.1 Å². The molecular formula is C30H34N2O5S. The second-order valence-electron chi connectivity index (χ2n) is 10.1. The molecule has 2 atom stereocenters. The lowest BCUT2D eigenvalue weighted by Gasteiger charge is -2.41. The zero-order valence-corrected chi connectivity index (χ0v) is 22.5. The molecule has 4 rings (SSSR count). The molecule has 1 amide bonds. The first-order valence-electron chi connectivity index (χ1n) is 12.8. The largest absolute Gasteiger partial charge is 0.481 e. The maximum absolute atomic E-state index is 14.0. The Kier molecular flexibility index (Phi) is 8.33. The maximum Gasteiger partial charge on any atom is 0.308 e. The number of aryl methyl sites for hydroxylation is 1. The number of carbonyl (C=O) groups is 2. The minimum Gasteiger partial charge on any atom is -0.481 e. The smallest absolute Gasteiger partial charge is 0.308 e. The highest BCUT2D eigenvalue weighted by Crippen LogP contribution is 2.38. The maximum atomic E-state index is 14.0. The van der Waals surface area contributed by atoms with Crippen molar-refractivity contribution in [3.63, 3.8) is 0 Å². The molecule has 1 aliphatic rings. The number of carboxylic acids is 1. The van der Waals surface area contributed by atoms with E-state index in [1.165, 1.54) is 4.31 Å². The monoisotopic (exact) mass is 534 g/mol. The molecule has 2 unspecified atom stereocenters. The summed E-state index contributed by atoms with van der Waals surface area (Å²) in [6.07, 6.45) is 0.944. The number of hydrogen-bond acceptors (Lipinski definition) is 4. The van der Waals surface area contributed by atoms with Crippen molar-refractivity contribution in [1.82, 2.24) is 9.62 Å². The van der Waals surface area contributed by atoms with Crippen LogP contribution in [-0.2, 0) is 31.4 Å². The van der Waals surface area contributed by atoms with Gasteiger partial charge in [0.25, 0.3) is 0 Å². The van der Waals surface area contributed by atoms with E-state index in [1.54, 1.807) is 25.1 Å². The number of amides is 1. The summed E-state index contributed by atoms with van der Waals surface area (Å²) >= 11 is 0. The van der Waals surface area contributed by atoms with Crippen molar-refractivity contribution >= 4 is 21.9 Å². The summed E-state index contributed by atoms with van der Waals surface area (Å²) in [7, 11) is -3.71. The fourth-order valence-corrected chi connectivity index (χ4v) is 6.68. The van der Waals surface area contributed by atoms with Crippen LogP contribution < -0.4 is 5.32 Å². The van der Waals surface area contributed by atoms with Gasteiger partial charge in [-0.2, -0.15) is 4.31 Å². The van der Waals surface area contributed by atoms with Crippen LogP contribution in [0.25, 0.3) is 0 Å². The molecule has 7 nitrogen and oxygen atoms in total. The van der Waals surface area contributed by atoms with Crippen molar-refractivity contribution < 1.29 is 23.1 Å². The Hall–Kier alpha value is -3.49.